The van der Waals surface area contributed by atoms with Gasteiger partial charge in [-0.25, -0.2) is 4.79 Å². The maximum Gasteiger partial charge on any atom is 0.410 e. The number of nitrogens with zero attached hydrogens (tertiary/aromatic N) is 1. The molecule has 154 valence electrons. The third kappa shape index (κ3) is 4.59. The summed E-state index contributed by atoms with van der Waals surface area (Å²) in [7, 11) is 0. The van der Waals surface area contributed by atoms with Crippen molar-refractivity contribution in [1.82, 2.24) is 4.90 Å². The third-order valence-electron chi connectivity index (χ3n) is 5.91. The molecule has 0 aliphatic heterocycles. The number of benzene rings is 3. The van der Waals surface area contributed by atoms with Crippen molar-refractivity contribution in [1.29, 1.82) is 0 Å². The van der Waals surface area contributed by atoms with Crippen LogP contribution in [0.25, 0.3) is 0 Å². The molecule has 0 saturated heterocycles. The second-order valence-electron chi connectivity index (χ2n) is 7.81. The molecule has 0 fully saturated rings. The molecule has 3 aromatic carbocycles. The minimum atomic E-state index is -0.254. The van der Waals surface area contributed by atoms with Crippen molar-refractivity contribution < 1.29 is 9.53 Å². The maximum absolute atomic E-state index is 13.3. The predicted octanol–water partition coefficient (Wildman–Crippen LogP) is 6.71. The SMILES string of the molecule is C[C@@H](c1ccccc1)N(C(=O)OCc1ccccc1)[C@H]1CCc2cccc(Br)c2C1. The molecule has 0 unspecified atom stereocenters. The highest BCUT2D eigenvalue weighted by molar-refractivity contribution is 9.10. The topological polar surface area (TPSA) is 29.5 Å². The van der Waals surface area contributed by atoms with E-state index in [2.05, 4.69) is 53.2 Å². The Hall–Kier alpha value is -2.59. The Morgan fingerprint density at radius 2 is 1.73 bits per heavy atom. The Kier molecular flexibility index (Phi) is 6.53. The summed E-state index contributed by atoms with van der Waals surface area (Å²) in [6.45, 7) is 2.37. The summed E-state index contributed by atoms with van der Waals surface area (Å²) in [6, 6.07) is 26.4. The molecule has 3 aromatic rings. The molecule has 4 rings (SSSR count). The van der Waals surface area contributed by atoms with Gasteiger partial charge >= 0.3 is 6.09 Å². The van der Waals surface area contributed by atoms with Crippen molar-refractivity contribution in [3.05, 3.63) is 106 Å². The van der Waals surface area contributed by atoms with Crippen molar-refractivity contribution in [2.45, 2.75) is 44.9 Å². The van der Waals surface area contributed by atoms with Crippen LogP contribution in [0.5, 0.6) is 0 Å². The fourth-order valence-corrected chi connectivity index (χ4v) is 4.84. The summed E-state index contributed by atoms with van der Waals surface area (Å²) < 4.78 is 6.90. The number of ether oxygens (including phenoxy) is 1. The molecule has 30 heavy (non-hydrogen) atoms. The monoisotopic (exact) mass is 463 g/mol. The Morgan fingerprint density at radius 3 is 2.47 bits per heavy atom. The molecule has 1 aliphatic carbocycles. The fourth-order valence-electron chi connectivity index (χ4n) is 4.27. The molecular formula is C26H26BrNO2. The Bertz CT molecular complexity index is 990. The Balaban J connectivity index is 1.59. The number of amides is 1. The number of carbonyl (C=O) groups excluding carboxylic acids is 1. The van der Waals surface area contributed by atoms with Crippen molar-refractivity contribution in [2.75, 3.05) is 0 Å². The molecule has 3 nitrogen and oxygen atoms in total. The van der Waals surface area contributed by atoms with Gasteiger partial charge in [0.05, 0.1) is 6.04 Å². The van der Waals surface area contributed by atoms with Crippen LogP contribution in [0.1, 0.15) is 41.6 Å². The number of carbonyl (C=O) groups is 1. The van der Waals surface area contributed by atoms with Gasteiger partial charge in [0.2, 0.25) is 0 Å². The lowest BCUT2D eigenvalue weighted by molar-refractivity contribution is 0.0600. The van der Waals surface area contributed by atoms with E-state index in [-0.39, 0.29) is 24.8 Å². The summed E-state index contributed by atoms with van der Waals surface area (Å²) in [5.41, 5.74) is 4.78. The molecule has 0 aromatic heterocycles. The zero-order valence-corrected chi connectivity index (χ0v) is 18.7. The maximum atomic E-state index is 13.3. The summed E-state index contributed by atoms with van der Waals surface area (Å²) in [5.74, 6) is 0. The zero-order valence-electron chi connectivity index (χ0n) is 17.1. The van der Waals surface area contributed by atoms with E-state index in [9.17, 15) is 4.79 Å². The number of rotatable bonds is 5. The third-order valence-corrected chi connectivity index (χ3v) is 6.65. The highest BCUT2D eigenvalue weighted by Gasteiger charge is 2.33. The Morgan fingerprint density at radius 1 is 1.03 bits per heavy atom. The first-order valence-electron chi connectivity index (χ1n) is 10.4. The molecule has 0 saturated carbocycles. The van der Waals surface area contributed by atoms with E-state index >= 15 is 0 Å². The number of fused-ring (bicyclic) bond motifs is 1. The minimum absolute atomic E-state index is 0.0662. The van der Waals surface area contributed by atoms with Crippen molar-refractivity contribution in [3.8, 4) is 0 Å². The van der Waals surface area contributed by atoms with Crippen molar-refractivity contribution in [3.63, 3.8) is 0 Å². The van der Waals surface area contributed by atoms with Gasteiger partial charge in [-0.1, -0.05) is 88.7 Å². The highest BCUT2D eigenvalue weighted by Crippen LogP contribution is 2.34. The van der Waals surface area contributed by atoms with E-state index in [0.717, 1.165) is 34.9 Å². The van der Waals surface area contributed by atoms with E-state index < -0.39 is 0 Å². The van der Waals surface area contributed by atoms with Crippen LogP contribution >= 0.6 is 15.9 Å². The second-order valence-corrected chi connectivity index (χ2v) is 8.66. The summed E-state index contributed by atoms with van der Waals surface area (Å²) in [6.07, 6.45) is 2.47. The lowest BCUT2D eigenvalue weighted by Crippen LogP contribution is -2.45. The number of hydrogen-bond acceptors (Lipinski definition) is 2. The lowest BCUT2D eigenvalue weighted by atomic mass is 9.86. The predicted molar refractivity (Wildman–Crippen MR) is 123 cm³/mol. The van der Waals surface area contributed by atoms with Gasteiger partial charge in [0.15, 0.2) is 0 Å². The van der Waals surface area contributed by atoms with Gasteiger partial charge in [0.25, 0.3) is 0 Å². The number of halogens is 1. The normalized spacial score (nSPS) is 16.4. The Labute approximate surface area is 186 Å². The van der Waals surface area contributed by atoms with Gasteiger partial charge in [-0.05, 0) is 54.5 Å². The molecule has 0 N–H and O–H groups in total. The summed E-state index contributed by atoms with van der Waals surface area (Å²) in [5, 5.41) is 0. The van der Waals surface area contributed by atoms with Gasteiger partial charge in [0, 0.05) is 10.5 Å². The standard InChI is InChI=1S/C26H26BrNO2/c1-19(21-11-6-3-7-12-21)28(26(29)30-18-20-9-4-2-5-10-20)23-16-15-22-13-8-14-25(27)24(22)17-23/h2-14,19,23H,15-18H2,1H3/t19-,23-/m0/s1. The van der Waals surface area contributed by atoms with E-state index in [1.54, 1.807) is 0 Å². The molecule has 0 heterocycles. The average molecular weight is 464 g/mol. The van der Waals surface area contributed by atoms with Crippen LogP contribution in [0.15, 0.2) is 83.3 Å². The smallest absolute Gasteiger partial charge is 0.410 e. The molecule has 0 spiro atoms. The zero-order chi connectivity index (χ0) is 20.9. The van der Waals surface area contributed by atoms with Gasteiger partial charge in [0.1, 0.15) is 6.61 Å². The first-order valence-corrected chi connectivity index (χ1v) is 11.2. The van der Waals surface area contributed by atoms with Crippen LogP contribution in [0.2, 0.25) is 0 Å². The minimum Gasteiger partial charge on any atom is -0.445 e. The number of aryl methyl sites for hydroxylation is 1. The second kappa shape index (κ2) is 9.48. The summed E-state index contributed by atoms with van der Waals surface area (Å²) >= 11 is 3.70. The van der Waals surface area contributed by atoms with Gasteiger partial charge < -0.3 is 4.74 Å². The van der Waals surface area contributed by atoms with E-state index in [1.807, 2.05) is 53.4 Å². The molecule has 4 heteroatoms. The molecule has 0 radical (unpaired) electrons. The summed E-state index contributed by atoms with van der Waals surface area (Å²) in [4.78, 5) is 15.3. The molecule has 2 atom stereocenters. The highest BCUT2D eigenvalue weighted by atomic mass is 79.9. The van der Waals surface area contributed by atoms with Crippen LogP contribution < -0.4 is 0 Å². The van der Waals surface area contributed by atoms with Crippen LogP contribution in [-0.4, -0.2) is 17.0 Å². The first-order chi connectivity index (χ1) is 14.6. The van der Waals surface area contributed by atoms with Crippen molar-refractivity contribution in [2.24, 2.45) is 0 Å². The largest absolute Gasteiger partial charge is 0.445 e. The number of hydrogen-bond donors (Lipinski definition) is 0. The van der Waals surface area contributed by atoms with Crippen molar-refractivity contribution >= 4 is 22.0 Å². The van der Waals surface area contributed by atoms with Crippen LogP contribution in [-0.2, 0) is 24.2 Å². The molecule has 0 bridgehead atoms. The molecular weight excluding hydrogens is 438 g/mol. The van der Waals surface area contributed by atoms with E-state index in [4.69, 9.17) is 4.74 Å². The average Bonchev–Trinajstić information content (AvgIpc) is 2.79. The van der Waals surface area contributed by atoms with E-state index in [0.29, 0.717) is 0 Å². The quantitative estimate of drug-likeness (QED) is 0.420. The van der Waals surface area contributed by atoms with Gasteiger partial charge in [-0.2, -0.15) is 0 Å². The van der Waals surface area contributed by atoms with E-state index in [1.165, 1.54) is 11.1 Å². The van der Waals surface area contributed by atoms with Crippen LogP contribution in [0.3, 0.4) is 0 Å². The van der Waals surface area contributed by atoms with Crippen LogP contribution in [0.4, 0.5) is 4.79 Å². The molecule has 1 amide bonds. The fraction of sp³-hybridized carbons (Fsp3) is 0.269. The van der Waals surface area contributed by atoms with Gasteiger partial charge in [-0.15, -0.1) is 0 Å². The lowest BCUT2D eigenvalue weighted by Gasteiger charge is -2.39. The molecule has 1 aliphatic rings. The van der Waals surface area contributed by atoms with Crippen LogP contribution in [0, 0.1) is 0 Å². The van der Waals surface area contributed by atoms with Gasteiger partial charge in [-0.3, -0.25) is 4.90 Å². The first kappa shape index (κ1) is 20.7.